The fraction of sp³-hybridized carbons (Fsp3) is 0.294. The Kier molecular flexibility index (Phi) is 4.04. The number of nitrogens with one attached hydrogen (secondary N) is 1. The zero-order valence-electron chi connectivity index (χ0n) is 14.3. The van der Waals surface area contributed by atoms with Crippen LogP contribution in [0.4, 0.5) is 11.5 Å². The maximum Gasteiger partial charge on any atom is 0.243 e. The third-order valence-corrected chi connectivity index (χ3v) is 6.79. The molecule has 1 saturated heterocycles. The van der Waals surface area contributed by atoms with Gasteiger partial charge in [-0.1, -0.05) is 0 Å². The highest BCUT2D eigenvalue weighted by atomic mass is 32.2. The first kappa shape index (κ1) is 16.8. The Morgan fingerprint density at radius 2 is 2.00 bits per heavy atom. The lowest BCUT2D eigenvalue weighted by Gasteiger charge is -2.24. The quantitative estimate of drug-likeness (QED) is 0.671. The van der Waals surface area contributed by atoms with E-state index in [0.717, 1.165) is 29.8 Å². The summed E-state index contributed by atoms with van der Waals surface area (Å²) in [6, 6.07) is 8.11. The molecule has 0 amide bonds. The van der Waals surface area contributed by atoms with Gasteiger partial charge in [0.15, 0.2) is 0 Å². The van der Waals surface area contributed by atoms with E-state index in [9.17, 15) is 8.42 Å². The number of fused-ring (bicyclic) bond motifs is 1. The Morgan fingerprint density at radius 1 is 1.23 bits per heavy atom. The summed E-state index contributed by atoms with van der Waals surface area (Å²) >= 11 is 0. The third kappa shape index (κ3) is 2.78. The van der Waals surface area contributed by atoms with Crippen LogP contribution in [0.25, 0.3) is 11.0 Å². The molecule has 136 valence electrons. The number of hydrogen-bond donors (Lipinski definition) is 2. The minimum Gasteiger partial charge on any atom is -0.399 e. The van der Waals surface area contributed by atoms with Crippen LogP contribution in [0.15, 0.2) is 47.8 Å². The summed E-state index contributed by atoms with van der Waals surface area (Å²) in [5.74, 6) is 0.831. The van der Waals surface area contributed by atoms with Gasteiger partial charge in [0.05, 0.1) is 10.3 Å². The summed E-state index contributed by atoms with van der Waals surface area (Å²) in [7, 11) is -1.93. The summed E-state index contributed by atoms with van der Waals surface area (Å²) in [5, 5.41) is 0.942. The van der Waals surface area contributed by atoms with Crippen LogP contribution in [0.3, 0.4) is 0 Å². The smallest absolute Gasteiger partial charge is 0.243 e. The molecule has 1 aliphatic heterocycles. The lowest BCUT2D eigenvalue weighted by atomic mass is 10.3. The number of nitrogens with zero attached hydrogens (tertiary/aromatic N) is 4. The molecule has 1 atom stereocenters. The molecule has 9 heteroatoms. The van der Waals surface area contributed by atoms with Gasteiger partial charge in [-0.25, -0.2) is 18.4 Å². The topological polar surface area (TPSA) is 108 Å². The van der Waals surface area contributed by atoms with E-state index in [1.165, 1.54) is 10.6 Å². The van der Waals surface area contributed by atoms with Crippen molar-refractivity contribution < 1.29 is 8.42 Å². The molecule has 2 aromatic heterocycles. The van der Waals surface area contributed by atoms with Crippen molar-refractivity contribution in [1.29, 1.82) is 0 Å². The van der Waals surface area contributed by atoms with Gasteiger partial charge in [-0.2, -0.15) is 4.31 Å². The van der Waals surface area contributed by atoms with Crippen molar-refractivity contribution in [2.24, 2.45) is 0 Å². The predicted octanol–water partition coefficient (Wildman–Crippen LogP) is 1.44. The molecule has 0 radical (unpaired) electrons. The van der Waals surface area contributed by atoms with E-state index in [2.05, 4.69) is 19.9 Å². The van der Waals surface area contributed by atoms with Gasteiger partial charge >= 0.3 is 0 Å². The second kappa shape index (κ2) is 6.26. The molecule has 3 N–H and O–H groups in total. The van der Waals surface area contributed by atoms with E-state index in [0.29, 0.717) is 12.2 Å². The van der Waals surface area contributed by atoms with E-state index in [4.69, 9.17) is 5.73 Å². The molecule has 0 bridgehead atoms. The largest absolute Gasteiger partial charge is 0.399 e. The molecule has 8 nitrogen and oxygen atoms in total. The molecule has 3 aromatic rings. The minimum atomic E-state index is -3.56. The second-order valence-electron chi connectivity index (χ2n) is 6.42. The first-order chi connectivity index (χ1) is 12.5. The Balaban J connectivity index is 1.56. The fourth-order valence-corrected chi connectivity index (χ4v) is 4.72. The molecule has 0 saturated carbocycles. The molecule has 0 aliphatic carbocycles. The lowest BCUT2D eigenvalue weighted by molar-refractivity contribution is 0.390. The monoisotopic (exact) mass is 372 g/mol. The highest BCUT2D eigenvalue weighted by molar-refractivity contribution is 7.89. The molecule has 1 aromatic carbocycles. The van der Waals surface area contributed by atoms with Gasteiger partial charge in [-0.05, 0) is 36.8 Å². The summed E-state index contributed by atoms with van der Waals surface area (Å²) in [5.41, 5.74) is 6.98. The lowest BCUT2D eigenvalue weighted by Crippen LogP contribution is -2.39. The van der Waals surface area contributed by atoms with Crippen LogP contribution in [0.5, 0.6) is 0 Å². The normalized spacial score (nSPS) is 18.1. The average molecular weight is 372 g/mol. The van der Waals surface area contributed by atoms with Crippen molar-refractivity contribution in [1.82, 2.24) is 19.3 Å². The number of aromatic nitrogens is 3. The highest BCUT2D eigenvalue weighted by Gasteiger charge is 2.34. The van der Waals surface area contributed by atoms with Crippen molar-refractivity contribution in [3.8, 4) is 0 Å². The number of aromatic amines is 1. The summed E-state index contributed by atoms with van der Waals surface area (Å²) in [6.45, 7) is 1.32. The first-order valence-corrected chi connectivity index (χ1v) is 9.77. The molecular weight excluding hydrogens is 352 g/mol. The molecule has 26 heavy (non-hydrogen) atoms. The van der Waals surface area contributed by atoms with Crippen LogP contribution in [-0.4, -0.2) is 53.9 Å². The SMILES string of the molecule is CN([C@@H]1CCN(c2ncnc3[nH]ccc23)C1)S(=O)(=O)c1ccc(N)cc1. The third-order valence-electron chi connectivity index (χ3n) is 4.87. The molecule has 1 aliphatic rings. The van der Waals surface area contributed by atoms with E-state index in [1.807, 2.05) is 12.3 Å². The fourth-order valence-electron chi connectivity index (χ4n) is 3.34. The van der Waals surface area contributed by atoms with Gasteiger partial charge in [-0.15, -0.1) is 0 Å². The maximum atomic E-state index is 12.9. The second-order valence-corrected chi connectivity index (χ2v) is 8.41. The molecule has 4 rings (SSSR count). The Labute approximate surface area is 151 Å². The van der Waals surface area contributed by atoms with Gasteiger partial charge in [0.1, 0.15) is 17.8 Å². The number of benzene rings is 1. The number of nitrogen functional groups attached to an aromatic ring is 1. The molecule has 1 fully saturated rings. The summed E-state index contributed by atoms with van der Waals surface area (Å²) in [6.07, 6.45) is 4.09. The van der Waals surface area contributed by atoms with Crippen LogP contribution in [0.2, 0.25) is 0 Å². The Morgan fingerprint density at radius 3 is 2.77 bits per heavy atom. The molecule has 0 spiro atoms. The van der Waals surface area contributed by atoms with Gasteiger partial charge in [0.2, 0.25) is 10.0 Å². The Bertz CT molecular complexity index is 1030. The van der Waals surface area contributed by atoms with Crippen LogP contribution in [-0.2, 0) is 10.0 Å². The molecule has 3 heterocycles. The number of likely N-dealkylation sites (N-methyl/N-ethyl adjacent to an activating group) is 1. The number of hydrogen-bond acceptors (Lipinski definition) is 6. The summed E-state index contributed by atoms with van der Waals surface area (Å²) < 4.78 is 27.2. The van der Waals surface area contributed by atoms with E-state index in [-0.39, 0.29) is 10.9 Å². The van der Waals surface area contributed by atoms with E-state index in [1.54, 1.807) is 31.3 Å². The zero-order chi connectivity index (χ0) is 18.3. The van der Waals surface area contributed by atoms with Crippen molar-refractivity contribution in [2.45, 2.75) is 17.4 Å². The first-order valence-electron chi connectivity index (χ1n) is 8.33. The minimum absolute atomic E-state index is 0.124. The predicted molar refractivity (Wildman–Crippen MR) is 100 cm³/mol. The van der Waals surface area contributed by atoms with Gasteiger partial charge in [0, 0.05) is 38.1 Å². The number of rotatable bonds is 4. The van der Waals surface area contributed by atoms with Crippen LogP contribution < -0.4 is 10.6 Å². The van der Waals surface area contributed by atoms with Gasteiger partial charge < -0.3 is 15.6 Å². The van der Waals surface area contributed by atoms with Crippen molar-refractivity contribution in [3.63, 3.8) is 0 Å². The van der Waals surface area contributed by atoms with Gasteiger partial charge in [-0.3, -0.25) is 0 Å². The molecule has 0 unspecified atom stereocenters. The van der Waals surface area contributed by atoms with Crippen LogP contribution in [0, 0.1) is 0 Å². The highest BCUT2D eigenvalue weighted by Crippen LogP contribution is 2.28. The summed E-state index contributed by atoms with van der Waals surface area (Å²) in [4.78, 5) is 14.0. The van der Waals surface area contributed by atoms with E-state index >= 15 is 0 Å². The van der Waals surface area contributed by atoms with Crippen molar-refractivity contribution in [3.05, 3.63) is 42.9 Å². The number of H-pyrrole nitrogens is 1. The number of anilines is 2. The Hall–Kier alpha value is -2.65. The molecular formula is C17H20N6O2S. The van der Waals surface area contributed by atoms with E-state index < -0.39 is 10.0 Å². The van der Waals surface area contributed by atoms with Gasteiger partial charge in [0.25, 0.3) is 0 Å². The number of nitrogens with two attached hydrogens (primary N) is 1. The van der Waals surface area contributed by atoms with Crippen molar-refractivity contribution in [2.75, 3.05) is 30.8 Å². The standard InChI is InChI=1S/C17H20N6O2S/c1-22(26(24,25)14-4-2-12(18)3-5-14)13-7-9-23(10-13)17-15-6-8-19-16(15)20-11-21-17/h2-6,8,11,13H,7,9-10,18H2,1H3,(H,19,20,21)/t13-/m1/s1. The average Bonchev–Trinajstić information content (AvgIpc) is 3.30. The van der Waals surface area contributed by atoms with Crippen LogP contribution >= 0.6 is 0 Å². The number of sulfonamides is 1. The zero-order valence-corrected chi connectivity index (χ0v) is 15.1. The van der Waals surface area contributed by atoms with Crippen LogP contribution in [0.1, 0.15) is 6.42 Å². The maximum absolute atomic E-state index is 12.9. The van der Waals surface area contributed by atoms with Crippen molar-refractivity contribution >= 4 is 32.6 Å².